The Hall–Kier alpha value is -5.85. The molecular weight excluding hydrogens is 661 g/mol. The van der Waals surface area contributed by atoms with Crippen LogP contribution < -0.4 is 25.4 Å². The molecule has 6 aromatic rings. The number of thiazole rings is 1. The van der Waals surface area contributed by atoms with Gasteiger partial charge in [-0.15, -0.1) is 11.8 Å². The lowest BCUT2D eigenvalue weighted by atomic mass is 10.1. The molecule has 246 valence electrons. The first-order valence-electron chi connectivity index (χ1n) is 15.0. The van der Waals surface area contributed by atoms with Crippen molar-refractivity contribution in [1.29, 1.82) is 0 Å². The number of anilines is 2. The molecule has 4 aromatic carbocycles. The molecule has 6 rings (SSSR count). The second-order valence-corrected chi connectivity index (χ2v) is 12.5. The van der Waals surface area contributed by atoms with Crippen molar-refractivity contribution in [2.45, 2.75) is 4.90 Å². The normalized spacial score (nSPS) is 11.2. The summed E-state index contributed by atoms with van der Waals surface area (Å²) in [4.78, 5) is 44.5. The zero-order valence-electron chi connectivity index (χ0n) is 26.4. The molecule has 0 saturated heterocycles. The maximum Gasteiger partial charge on any atom is 0.272 e. The molecule has 2 aromatic heterocycles. The largest absolute Gasteiger partial charge is 0.497 e. The van der Waals surface area contributed by atoms with E-state index in [9.17, 15) is 14.4 Å². The summed E-state index contributed by atoms with van der Waals surface area (Å²) >= 11 is 2.74. The van der Waals surface area contributed by atoms with Gasteiger partial charge in [0.2, 0.25) is 5.91 Å². The number of fused-ring (bicyclic) bond motifs is 1. The van der Waals surface area contributed by atoms with E-state index in [1.807, 2.05) is 42.5 Å². The van der Waals surface area contributed by atoms with Gasteiger partial charge in [-0.3, -0.25) is 14.4 Å². The van der Waals surface area contributed by atoms with Crippen LogP contribution >= 0.6 is 23.1 Å². The Balaban J connectivity index is 1.12. The average Bonchev–Trinajstić information content (AvgIpc) is 3.77. The molecule has 0 unspecified atom stereocenters. The summed E-state index contributed by atoms with van der Waals surface area (Å²) in [7, 11) is 3.17. The monoisotopic (exact) mass is 690 g/mol. The van der Waals surface area contributed by atoms with Gasteiger partial charge in [0, 0.05) is 28.3 Å². The van der Waals surface area contributed by atoms with Gasteiger partial charge < -0.3 is 29.8 Å². The van der Waals surface area contributed by atoms with Gasteiger partial charge in [-0.05, 0) is 72.8 Å². The van der Waals surface area contributed by atoms with Crippen LogP contribution in [0.25, 0.3) is 27.6 Å². The minimum atomic E-state index is -0.548. The van der Waals surface area contributed by atoms with Crippen molar-refractivity contribution in [3.05, 3.63) is 126 Å². The summed E-state index contributed by atoms with van der Waals surface area (Å²) in [6.07, 6.45) is 1.47. The van der Waals surface area contributed by atoms with Crippen molar-refractivity contribution in [1.82, 2.24) is 10.3 Å². The number of rotatable bonds is 12. The number of nitrogens with zero attached hydrogens (tertiary/aromatic N) is 1. The van der Waals surface area contributed by atoms with Crippen molar-refractivity contribution in [2.24, 2.45) is 0 Å². The van der Waals surface area contributed by atoms with Crippen LogP contribution in [0, 0.1) is 0 Å². The SMILES string of the molecule is COc1ccc2sc(NC(=O)CSc3ccc(NC(=O)C(=Cc4ccc(-c5ccccc5OC)o4)NC(=O)c4ccccc4)cc3)nc2c1. The number of hydrogen-bond acceptors (Lipinski definition) is 9. The van der Waals surface area contributed by atoms with Gasteiger partial charge in [-0.1, -0.05) is 41.7 Å². The Bertz CT molecular complexity index is 2140. The first kappa shape index (κ1) is 33.1. The number of para-hydroxylation sites is 1. The summed E-state index contributed by atoms with van der Waals surface area (Å²) < 4.78 is 17.7. The fraction of sp³-hybridized carbons (Fsp3) is 0.0811. The maximum atomic E-state index is 13.5. The van der Waals surface area contributed by atoms with E-state index in [0.717, 1.165) is 20.7 Å². The van der Waals surface area contributed by atoms with Gasteiger partial charge in [0.25, 0.3) is 11.8 Å². The molecule has 3 N–H and O–H groups in total. The lowest BCUT2D eigenvalue weighted by molar-refractivity contribution is -0.114. The lowest BCUT2D eigenvalue weighted by Gasteiger charge is -2.11. The number of hydrogen-bond donors (Lipinski definition) is 3. The molecule has 0 radical (unpaired) electrons. The molecule has 0 fully saturated rings. The summed E-state index contributed by atoms with van der Waals surface area (Å²) in [5.41, 5.74) is 2.38. The molecule has 2 heterocycles. The zero-order chi connectivity index (χ0) is 34.2. The van der Waals surface area contributed by atoms with Crippen molar-refractivity contribution in [3.63, 3.8) is 0 Å². The number of benzene rings is 4. The van der Waals surface area contributed by atoms with E-state index in [2.05, 4.69) is 20.9 Å². The number of carbonyl (C=O) groups is 3. The highest BCUT2D eigenvalue weighted by Crippen LogP contribution is 2.32. The van der Waals surface area contributed by atoms with Crippen molar-refractivity contribution in [2.75, 3.05) is 30.6 Å². The number of nitrogens with one attached hydrogen (secondary N) is 3. The topological polar surface area (TPSA) is 132 Å². The quantitative estimate of drug-likeness (QED) is 0.0879. The Morgan fingerprint density at radius 1 is 0.857 bits per heavy atom. The predicted octanol–water partition coefficient (Wildman–Crippen LogP) is 7.71. The minimum Gasteiger partial charge on any atom is -0.497 e. The molecular formula is C37H30N4O6S2. The average molecular weight is 691 g/mol. The second-order valence-electron chi connectivity index (χ2n) is 10.4. The Morgan fingerprint density at radius 3 is 2.41 bits per heavy atom. The summed E-state index contributed by atoms with van der Waals surface area (Å²) in [5, 5.41) is 8.91. The fourth-order valence-electron chi connectivity index (χ4n) is 4.73. The number of aromatic nitrogens is 1. The molecule has 0 spiro atoms. The number of furan rings is 1. The summed E-state index contributed by atoms with van der Waals surface area (Å²) in [6.45, 7) is 0. The molecule has 0 bridgehead atoms. The van der Waals surface area contributed by atoms with Gasteiger partial charge >= 0.3 is 0 Å². The molecule has 10 nitrogen and oxygen atoms in total. The third-order valence-electron chi connectivity index (χ3n) is 7.14. The molecule has 0 atom stereocenters. The van der Waals surface area contributed by atoms with Crippen LogP contribution in [0.3, 0.4) is 0 Å². The zero-order valence-corrected chi connectivity index (χ0v) is 28.0. The fourth-order valence-corrected chi connectivity index (χ4v) is 6.29. The van der Waals surface area contributed by atoms with Crippen LogP contribution in [0.15, 0.2) is 124 Å². The molecule has 0 aliphatic carbocycles. The van der Waals surface area contributed by atoms with Crippen LogP contribution in [0.5, 0.6) is 11.5 Å². The van der Waals surface area contributed by atoms with Crippen LogP contribution in [0.2, 0.25) is 0 Å². The first-order chi connectivity index (χ1) is 23.9. The number of amides is 3. The van der Waals surface area contributed by atoms with Crippen LogP contribution in [-0.4, -0.2) is 42.7 Å². The summed E-state index contributed by atoms with van der Waals surface area (Å²) in [6, 6.07) is 32.1. The van der Waals surface area contributed by atoms with Crippen LogP contribution in [0.4, 0.5) is 10.8 Å². The van der Waals surface area contributed by atoms with Gasteiger partial charge in [0.05, 0.1) is 35.8 Å². The predicted molar refractivity (Wildman–Crippen MR) is 193 cm³/mol. The van der Waals surface area contributed by atoms with Gasteiger partial charge in [-0.25, -0.2) is 4.98 Å². The Morgan fingerprint density at radius 2 is 1.63 bits per heavy atom. The number of ether oxygens (including phenoxy) is 2. The van der Waals surface area contributed by atoms with Gasteiger partial charge in [0.1, 0.15) is 28.7 Å². The van der Waals surface area contributed by atoms with E-state index in [4.69, 9.17) is 13.9 Å². The second kappa shape index (κ2) is 15.4. The third-order valence-corrected chi connectivity index (χ3v) is 9.10. The number of methoxy groups -OCH3 is 2. The van der Waals surface area contributed by atoms with Gasteiger partial charge in [-0.2, -0.15) is 0 Å². The minimum absolute atomic E-state index is 0.0156. The maximum absolute atomic E-state index is 13.5. The molecule has 3 amide bonds. The molecule has 12 heteroatoms. The number of thioether (sulfide) groups is 1. The molecule has 0 aliphatic heterocycles. The lowest BCUT2D eigenvalue weighted by Crippen LogP contribution is -2.30. The standard InChI is InChI=1S/C37H30N4O6S2/c1-45-25-15-19-33-29(20-25)40-37(49-33)41-34(42)22-48-27-16-12-24(13-17-27)38-36(44)30(39-35(43)23-8-4-3-5-9-23)21-26-14-18-32(47-26)28-10-6-7-11-31(28)46-2/h3-21H,22H2,1-2H3,(H,38,44)(H,39,43)(H,40,41,42). The molecule has 0 aliphatic rings. The van der Waals surface area contributed by atoms with Crippen molar-refractivity contribution < 1.29 is 28.3 Å². The van der Waals surface area contributed by atoms with E-state index in [0.29, 0.717) is 39.4 Å². The van der Waals surface area contributed by atoms with Crippen LogP contribution in [-0.2, 0) is 9.59 Å². The summed E-state index contributed by atoms with van der Waals surface area (Å²) in [5.74, 6) is 1.22. The Labute approximate surface area is 290 Å². The van der Waals surface area contributed by atoms with Gasteiger partial charge in [0.15, 0.2) is 5.13 Å². The molecule has 49 heavy (non-hydrogen) atoms. The van der Waals surface area contributed by atoms with E-state index >= 15 is 0 Å². The van der Waals surface area contributed by atoms with E-state index < -0.39 is 11.8 Å². The van der Waals surface area contributed by atoms with E-state index in [-0.39, 0.29) is 17.4 Å². The highest BCUT2D eigenvalue weighted by molar-refractivity contribution is 8.00. The van der Waals surface area contributed by atoms with Crippen molar-refractivity contribution in [3.8, 4) is 22.8 Å². The smallest absolute Gasteiger partial charge is 0.272 e. The molecule has 0 saturated carbocycles. The van der Waals surface area contributed by atoms with Crippen LogP contribution in [0.1, 0.15) is 16.1 Å². The highest BCUT2D eigenvalue weighted by atomic mass is 32.2. The Kier molecular flexibility index (Phi) is 10.4. The first-order valence-corrected chi connectivity index (χ1v) is 16.8. The number of carbonyl (C=O) groups excluding carboxylic acids is 3. The highest BCUT2D eigenvalue weighted by Gasteiger charge is 2.17. The van der Waals surface area contributed by atoms with E-state index in [1.165, 1.54) is 29.2 Å². The third kappa shape index (κ3) is 8.36. The van der Waals surface area contributed by atoms with E-state index in [1.54, 1.807) is 80.9 Å². The van der Waals surface area contributed by atoms with Crippen molar-refractivity contribution >= 4 is 67.9 Å².